The first kappa shape index (κ1) is 14.0. The molecule has 0 radical (unpaired) electrons. The zero-order chi connectivity index (χ0) is 10.7. The molecule has 0 fully saturated rings. The maximum absolute atomic E-state index is 12.0. The quantitative estimate of drug-likeness (QED) is 0.851. The second-order valence-corrected chi connectivity index (χ2v) is 3.45. The number of rotatable bonds is 3. The minimum atomic E-state index is 0. The van der Waals surface area contributed by atoms with Gasteiger partial charge in [0.25, 0.3) is 5.91 Å². The van der Waals surface area contributed by atoms with E-state index in [1.807, 2.05) is 38.8 Å². The predicted octanol–water partition coefficient (Wildman–Crippen LogP) is 2.54. The van der Waals surface area contributed by atoms with Gasteiger partial charge in [0.2, 0.25) is 0 Å². The van der Waals surface area contributed by atoms with E-state index in [-0.39, 0.29) is 18.3 Å². The van der Waals surface area contributed by atoms with Crippen LogP contribution in [-0.4, -0.2) is 28.9 Å². The Hall–Kier alpha value is -0.960. The van der Waals surface area contributed by atoms with Crippen LogP contribution in [0.4, 0.5) is 0 Å². The molecule has 0 aromatic carbocycles. The average Bonchev–Trinajstić information content (AvgIpc) is 2.48. The van der Waals surface area contributed by atoms with Gasteiger partial charge < -0.3 is 9.88 Å². The summed E-state index contributed by atoms with van der Waals surface area (Å²) in [7, 11) is 0. The lowest BCUT2D eigenvalue weighted by atomic mass is 10.1. The summed E-state index contributed by atoms with van der Waals surface area (Å²) in [4.78, 5) is 16.9. The van der Waals surface area contributed by atoms with Crippen molar-refractivity contribution < 1.29 is 4.79 Å². The van der Waals surface area contributed by atoms with Crippen LogP contribution in [-0.2, 0) is 0 Å². The van der Waals surface area contributed by atoms with Crippen LogP contribution in [0.5, 0.6) is 0 Å². The fourth-order valence-electron chi connectivity index (χ4n) is 1.65. The van der Waals surface area contributed by atoms with Gasteiger partial charge in [0, 0.05) is 25.0 Å². The topological polar surface area (TPSA) is 36.1 Å². The molecule has 0 spiro atoms. The summed E-state index contributed by atoms with van der Waals surface area (Å²) in [6.07, 6.45) is 1.88. The Morgan fingerprint density at radius 2 is 1.87 bits per heavy atom. The van der Waals surface area contributed by atoms with Gasteiger partial charge >= 0.3 is 0 Å². The average molecular weight is 231 g/mol. The second-order valence-electron chi connectivity index (χ2n) is 3.45. The Morgan fingerprint density at radius 3 is 2.20 bits per heavy atom. The largest absolute Gasteiger partial charge is 0.364 e. The smallest absolute Gasteiger partial charge is 0.255 e. The summed E-state index contributed by atoms with van der Waals surface area (Å²) >= 11 is 0. The number of nitrogens with one attached hydrogen (secondary N) is 1. The van der Waals surface area contributed by atoms with E-state index in [1.165, 1.54) is 0 Å². The molecule has 1 rings (SSSR count). The van der Waals surface area contributed by atoms with E-state index < -0.39 is 0 Å². The zero-order valence-electron chi connectivity index (χ0n) is 9.76. The third-order valence-corrected chi connectivity index (χ3v) is 2.54. The third-order valence-electron chi connectivity index (χ3n) is 2.54. The molecule has 1 heterocycles. The van der Waals surface area contributed by atoms with E-state index in [0.717, 1.165) is 29.9 Å². The normalized spacial score (nSPS) is 9.60. The first-order valence-corrected chi connectivity index (χ1v) is 5.05. The number of nitrogens with zero attached hydrogens (tertiary/aromatic N) is 1. The van der Waals surface area contributed by atoms with Crippen LogP contribution < -0.4 is 0 Å². The molecule has 1 amide bonds. The van der Waals surface area contributed by atoms with Crippen LogP contribution in [0.1, 0.15) is 35.5 Å². The number of hydrogen-bond donors (Lipinski definition) is 1. The molecule has 0 aliphatic carbocycles. The van der Waals surface area contributed by atoms with Crippen molar-refractivity contribution in [2.24, 2.45) is 0 Å². The summed E-state index contributed by atoms with van der Waals surface area (Å²) in [6, 6.07) is 0. The highest BCUT2D eigenvalue weighted by molar-refractivity contribution is 5.96. The maximum Gasteiger partial charge on any atom is 0.255 e. The molecule has 0 aliphatic rings. The Kier molecular flexibility index (Phi) is 5.44. The van der Waals surface area contributed by atoms with Gasteiger partial charge in [-0.15, -0.1) is 12.4 Å². The Balaban J connectivity index is 0.00000196. The van der Waals surface area contributed by atoms with Crippen LogP contribution in [0.15, 0.2) is 6.20 Å². The van der Waals surface area contributed by atoms with Crippen molar-refractivity contribution in [3.63, 3.8) is 0 Å². The molecule has 15 heavy (non-hydrogen) atoms. The Labute approximate surface area is 97.3 Å². The number of hydrogen-bond acceptors (Lipinski definition) is 1. The minimum absolute atomic E-state index is 0. The molecule has 0 atom stereocenters. The van der Waals surface area contributed by atoms with Crippen molar-refractivity contribution >= 4 is 18.3 Å². The number of carbonyl (C=O) groups excluding carboxylic acids is 1. The molecule has 0 saturated heterocycles. The van der Waals surface area contributed by atoms with Gasteiger partial charge in [-0.3, -0.25) is 4.79 Å². The van der Waals surface area contributed by atoms with Crippen molar-refractivity contribution in [3.8, 4) is 0 Å². The van der Waals surface area contributed by atoms with Gasteiger partial charge in [0.1, 0.15) is 0 Å². The van der Waals surface area contributed by atoms with Gasteiger partial charge in [-0.05, 0) is 33.3 Å². The highest BCUT2D eigenvalue weighted by Crippen LogP contribution is 2.14. The second kappa shape index (κ2) is 5.81. The molecule has 0 unspecified atom stereocenters. The zero-order valence-corrected chi connectivity index (χ0v) is 10.6. The van der Waals surface area contributed by atoms with E-state index in [4.69, 9.17) is 0 Å². The number of aromatic nitrogens is 1. The van der Waals surface area contributed by atoms with Gasteiger partial charge in [0.05, 0.1) is 5.56 Å². The SMILES string of the molecule is CCN(CC)C(=O)c1c(C)c[nH]c1C.Cl. The van der Waals surface area contributed by atoms with Crippen molar-refractivity contribution in [1.29, 1.82) is 0 Å². The van der Waals surface area contributed by atoms with E-state index in [0.29, 0.717) is 0 Å². The predicted molar refractivity (Wildman–Crippen MR) is 64.8 cm³/mol. The van der Waals surface area contributed by atoms with Crippen molar-refractivity contribution in [2.45, 2.75) is 27.7 Å². The summed E-state index contributed by atoms with van der Waals surface area (Å²) in [6.45, 7) is 9.42. The lowest BCUT2D eigenvalue weighted by molar-refractivity contribution is 0.0772. The fourth-order valence-corrected chi connectivity index (χ4v) is 1.65. The van der Waals surface area contributed by atoms with Crippen LogP contribution in [0.2, 0.25) is 0 Å². The molecule has 1 aromatic heterocycles. The number of aromatic amines is 1. The number of carbonyl (C=O) groups is 1. The molecule has 1 N–H and O–H groups in total. The molecular formula is C11H19ClN2O. The van der Waals surface area contributed by atoms with Gasteiger partial charge in [-0.25, -0.2) is 0 Å². The summed E-state index contributed by atoms with van der Waals surface area (Å²) in [5.74, 6) is 0.131. The van der Waals surface area contributed by atoms with E-state index >= 15 is 0 Å². The van der Waals surface area contributed by atoms with Crippen LogP contribution in [0.25, 0.3) is 0 Å². The number of aryl methyl sites for hydroxylation is 2. The molecule has 0 saturated carbocycles. The van der Waals surface area contributed by atoms with Crippen molar-refractivity contribution in [3.05, 3.63) is 23.0 Å². The molecule has 0 bridgehead atoms. The van der Waals surface area contributed by atoms with E-state index in [9.17, 15) is 4.79 Å². The summed E-state index contributed by atoms with van der Waals surface area (Å²) in [5.41, 5.74) is 2.81. The molecule has 1 aromatic rings. The molecule has 86 valence electrons. The Morgan fingerprint density at radius 1 is 1.33 bits per heavy atom. The standard InChI is InChI=1S/C11H18N2O.ClH/c1-5-13(6-2)11(14)10-8(3)7-12-9(10)4;/h7,12H,5-6H2,1-4H3;1H. The van der Waals surface area contributed by atoms with Gasteiger partial charge in [0.15, 0.2) is 0 Å². The first-order chi connectivity index (χ1) is 6.61. The van der Waals surface area contributed by atoms with Crippen LogP contribution in [0, 0.1) is 13.8 Å². The highest BCUT2D eigenvalue weighted by atomic mass is 35.5. The van der Waals surface area contributed by atoms with Crippen molar-refractivity contribution in [2.75, 3.05) is 13.1 Å². The number of amides is 1. The first-order valence-electron chi connectivity index (χ1n) is 5.05. The van der Waals surface area contributed by atoms with E-state index in [2.05, 4.69) is 4.98 Å². The van der Waals surface area contributed by atoms with Crippen LogP contribution >= 0.6 is 12.4 Å². The van der Waals surface area contributed by atoms with Gasteiger partial charge in [-0.2, -0.15) is 0 Å². The fraction of sp³-hybridized carbons (Fsp3) is 0.545. The molecule has 0 aliphatic heterocycles. The lowest BCUT2D eigenvalue weighted by Gasteiger charge is -2.18. The third kappa shape index (κ3) is 2.75. The monoisotopic (exact) mass is 230 g/mol. The molecule has 4 heteroatoms. The number of halogens is 1. The van der Waals surface area contributed by atoms with E-state index in [1.54, 1.807) is 0 Å². The number of H-pyrrole nitrogens is 1. The highest BCUT2D eigenvalue weighted by Gasteiger charge is 2.17. The summed E-state index contributed by atoms with van der Waals surface area (Å²) in [5, 5.41) is 0. The van der Waals surface area contributed by atoms with Gasteiger partial charge in [-0.1, -0.05) is 0 Å². The maximum atomic E-state index is 12.0. The lowest BCUT2D eigenvalue weighted by Crippen LogP contribution is -2.31. The Bertz CT molecular complexity index is 310. The van der Waals surface area contributed by atoms with Crippen molar-refractivity contribution in [1.82, 2.24) is 9.88 Å². The molecular weight excluding hydrogens is 212 g/mol. The summed E-state index contributed by atoms with van der Waals surface area (Å²) < 4.78 is 0. The minimum Gasteiger partial charge on any atom is -0.364 e. The molecule has 3 nitrogen and oxygen atoms in total. The van der Waals surface area contributed by atoms with Crippen LogP contribution in [0.3, 0.4) is 0 Å².